The van der Waals surface area contributed by atoms with Crippen molar-refractivity contribution < 1.29 is 14.3 Å². The number of ketones is 1. The fourth-order valence-electron chi connectivity index (χ4n) is 1.94. The van der Waals surface area contributed by atoms with Crippen molar-refractivity contribution in [3.05, 3.63) is 58.1 Å². The fourth-order valence-corrected chi connectivity index (χ4v) is 2.26. The molecule has 0 aliphatic carbocycles. The molecular weight excluding hydrogens is 276 g/mol. The molecule has 0 saturated heterocycles. The molecule has 0 fully saturated rings. The third kappa shape index (κ3) is 2.78. The van der Waals surface area contributed by atoms with E-state index in [-0.39, 0.29) is 5.78 Å². The highest BCUT2D eigenvalue weighted by atomic mass is 35.5. The van der Waals surface area contributed by atoms with E-state index in [1.165, 1.54) is 7.11 Å². The van der Waals surface area contributed by atoms with Crippen molar-refractivity contribution >= 4 is 17.4 Å². The molecule has 0 amide bonds. The van der Waals surface area contributed by atoms with Gasteiger partial charge in [-0.05, 0) is 36.8 Å². The Morgan fingerprint density at radius 2 is 1.70 bits per heavy atom. The highest BCUT2D eigenvalue weighted by Crippen LogP contribution is 2.29. The number of hydrogen-bond donors (Lipinski definition) is 0. The zero-order valence-corrected chi connectivity index (χ0v) is 12.3. The maximum Gasteiger partial charge on any atom is 0.198 e. The minimum absolute atomic E-state index is 0.172. The highest BCUT2D eigenvalue weighted by molar-refractivity contribution is 6.35. The summed E-state index contributed by atoms with van der Waals surface area (Å²) in [4.78, 5) is 12.6. The minimum Gasteiger partial charge on any atom is -0.497 e. The predicted octanol–water partition coefficient (Wildman–Crippen LogP) is 3.90. The predicted molar refractivity (Wildman–Crippen MR) is 79.2 cm³/mol. The van der Waals surface area contributed by atoms with Crippen LogP contribution in [0.3, 0.4) is 0 Å². The van der Waals surface area contributed by atoms with Gasteiger partial charge in [-0.3, -0.25) is 4.79 Å². The van der Waals surface area contributed by atoms with E-state index in [2.05, 4.69) is 0 Å². The Morgan fingerprint density at radius 3 is 2.30 bits per heavy atom. The summed E-state index contributed by atoms with van der Waals surface area (Å²) in [5, 5.41) is 0.438. The van der Waals surface area contributed by atoms with Crippen molar-refractivity contribution in [1.29, 1.82) is 0 Å². The number of hydrogen-bond acceptors (Lipinski definition) is 3. The molecule has 20 heavy (non-hydrogen) atoms. The van der Waals surface area contributed by atoms with Crippen molar-refractivity contribution in [2.45, 2.75) is 6.92 Å². The van der Waals surface area contributed by atoms with Gasteiger partial charge in [-0.25, -0.2) is 0 Å². The summed E-state index contributed by atoms with van der Waals surface area (Å²) in [5.41, 5.74) is 1.92. The third-order valence-electron chi connectivity index (χ3n) is 3.02. The number of benzene rings is 2. The summed E-state index contributed by atoms with van der Waals surface area (Å²) in [5.74, 6) is 0.925. The quantitative estimate of drug-likeness (QED) is 0.801. The standard InChI is InChI=1S/C16H15ClO3/c1-10-4-6-12(14(17)8-10)16(18)13-7-5-11(19-2)9-15(13)20-3/h4-9H,1-3H3. The first-order chi connectivity index (χ1) is 9.56. The number of ether oxygens (including phenoxy) is 2. The van der Waals surface area contributed by atoms with Crippen molar-refractivity contribution in [1.82, 2.24) is 0 Å². The molecule has 0 aliphatic heterocycles. The van der Waals surface area contributed by atoms with Crippen molar-refractivity contribution in [2.24, 2.45) is 0 Å². The van der Waals surface area contributed by atoms with Crippen LogP contribution in [-0.2, 0) is 0 Å². The lowest BCUT2D eigenvalue weighted by molar-refractivity contribution is 0.103. The van der Waals surface area contributed by atoms with Crippen LogP contribution < -0.4 is 9.47 Å². The maximum absolute atomic E-state index is 12.6. The van der Waals surface area contributed by atoms with Crippen LogP contribution in [0.5, 0.6) is 11.5 Å². The molecule has 2 aromatic rings. The Hall–Kier alpha value is -2.00. The zero-order valence-electron chi connectivity index (χ0n) is 11.6. The van der Waals surface area contributed by atoms with Crippen LogP contribution in [0, 0.1) is 6.92 Å². The van der Waals surface area contributed by atoms with Crippen molar-refractivity contribution in [3.8, 4) is 11.5 Å². The van der Waals surface area contributed by atoms with Gasteiger partial charge in [0.05, 0.1) is 24.8 Å². The molecule has 0 aliphatic rings. The second-order valence-electron chi connectivity index (χ2n) is 4.38. The number of halogens is 1. The van der Waals surface area contributed by atoms with Gasteiger partial charge in [-0.1, -0.05) is 17.7 Å². The largest absolute Gasteiger partial charge is 0.497 e. The first-order valence-electron chi connectivity index (χ1n) is 6.09. The minimum atomic E-state index is -0.172. The first-order valence-corrected chi connectivity index (χ1v) is 6.47. The van der Waals surface area contributed by atoms with Crippen molar-refractivity contribution in [2.75, 3.05) is 14.2 Å². The van der Waals surface area contributed by atoms with Crippen molar-refractivity contribution in [3.63, 3.8) is 0 Å². The van der Waals surface area contributed by atoms with Gasteiger partial charge >= 0.3 is 0 Å². The van der Waals surface area contributed by atoms with Crippen LogP contribution in [-0.4, -0.2) is 20.0 Å². The van der Waals surface area contributed by atoms with E-state index in [1.54, 1.807) is 37.4 Å². The Balaban J connectivity index is 2.47. The number of aryl methyl sites for hydroxylation is 1. The van der Waals surface area contributed by atoms with E-state index in [0.29, 0.717) is 27.6 Å². The fraction of sp³-hybridized carbons (Fsp3) is 0.188. The molecule has 0 radical (unpaired) electrons. The van der Waals surface area contributed by atoms with Gasteiger partial charge in [0.25, 0.3) is 0 Å². The van der Waals surface area contributed by atoms with Crippen LogP contribution in [0.25, 0.3) is 0 Å². The molecule has 0 aromatic heterocycles. The second-order valence-corrected chi connectivity index (χ2v) is 4.79. The lowest BCUT2D eigenvalue weighted by atomic mass is 10.0. The zero-order chi connectivity index (χ0) is 14.7. The Morgan fingerprint density at radius 1 is 1.00 bits per heavy atom. The van der Waals surface area contributed by atoms with E-state index in [1.807, 2.05) is 13.0 Å². The number of rotatable bonds is 4. The number of methoxy groups -OCH3 is 2. The second kappa shape index (κ2) is 5.97. The molecule has 0 heterocycles. The van der Waals surface area contributed by atoms with Gasteiger partial charge in [0.1, 0.15) is 11.5 Å². The molecular formula is C16H15ClO3. The molecule has 0 atom stereocenters. The topological polar surface area (TPSA) is 35.5 Å². The van der Waals surface area contributed by atoms with E-state index >= 15 is 0 Å². The third-order valence-corrected chi connectivity index (χ3v) is 3.34. The average molecular weight is 291 g/mol. The SMILES string of the molecule is COc1ccc(C(=O)c2ccc(C)cc2Cl)c(OC)c1. The molecule has 0 spiro atoms. The van der Waals surface area contributed by atoms with Crippen LogP contribution in [0.1, 0.15) is 21.5 Å². The number of carbonyl (C=O) groups is 1. The van der Waals surface area contributed by atoms with Crippen LogP contribution >= 0.6 is 11.6 Å². The Bertz CT molecular complexity index is 650. The highest BCUT2D eigenvalue weighted by Gasteiger charge is 2.17. The first kappa shape index (κ1) is 14.4. The van der Waals surface area contributed by atoms with Gasteiger partial charge in [0.15, 0.2) is 5.78 Å². The average Bonchev–Trinajstić information content (AvgIpc) is 2.46. The van der Waals surface area contributed by atoms with Gasteiger partial charge in [0, 0.05) is 11.6 Å². The van der Waals surface area contributed by atoms with Crippen LogP contribution in [0.4, 0.5) is 0 Å². The molecule has 0 bridgehead atoms. The lowest BCUT2D eigenvalue weighted by Crippen LogP contribution is -2.05. The van der Waals surface area contributed by atoms with E-state index in [9.17, 15) is 4.79 Å². The summed E-state index contributed by atoms with van der Waals surface area (Å²) in [6.07, 6.45) is 0. The molecule has 0 unspecified atom stereocenters. The molecule has 0 N–H and O–H groups in total. The molecule has 104 valence electrons. The Labute approximate surface area is 123 Å². The van der Waals surface area contributed by atoms with Gasteiger partial charge < -0.3 is 9.47 Å². The summed E-state index contributed by atoms with van der Waals surface area (Å²) in [6.45, 7) is 1.92. The summed E-state index contributed by atoms with van der Waals surface area (Å²) >= 11 is 6.14. The molecule has 2 rings (SSSR count). The monoisotopic (exact) mass is 290 g/mol. The van der Waals surface area contributed by atoms with E-state index < -0.39 is 0 Å². The smallest absolute Gasteiger partial charge is 0.198 e. The molecule has 4 heteroatoms. The molecule has 2 aromatic carbocycles. The molecule has 3 nitrogen and oxygen atoms in total. The van der Waals surface area contributed by atoms with E-state index in [4.69, 9.17) is 21.1 Å². The normalized spacial score (nSPS) is 10.2. The summed E-state index contributed by atoms with van der Waals surface area (Å²) in [6, 6.07) is 10.4. The van der Waals surface area contributed by atoms with E-state index in [0.717, 1.165) is 5.56 Å². The Kier molecular flexibility index (Phi) is 4.30. The maximum atomic E-state index is 12.6. The summed E-state index contributed by atoms with van der Waals surface area (Å²) in [7, 11) is 3.08. The van der Waals surface area contributed by atoms with Gasteiger partial charge in [-0.2, -0.15) is 0 Å². The lowest BCUT2D eigenvalue weighted by Gasteiger charge is -2.10. The number of carbonyl (C=O) groups excluding carboxylic acids is 1. The van der Waals surface area contributed by atoms with Crippen LogP contribution in [0.15, 0.2) is 36.4 Å². The van der Waals surface area contributed by atoms with Crippen LogP contribution in [0.2, 0.25) is 5.02 Å². The molecule has 0 saturated carbocycles. The summed E-state index contributed by atoms with van der Waals surface area (Å²) < 4.78 is 10.4. The van der Waals surface area contributed by atoms with Gasteiger partial charge in [0.2, 0.25) is 0 Å². The van der Waals surface area contributed by atoms with Gasteiger partial charge in [-0.15, -0.1) is 0 Å².